The lowest BCUT2D eigenvalue weighted by Gasteiger charge is -2.17. The van der Waals surface area contributed by atoms with Gasteiger partial charge in [0.25, 0.3) is 5.91 Å². The molecule has 0 aliphatic rings. The molecule has 0 spiro atoms. The maximum atomic E-state index is 11.7. The van der Waals surface area contributed by atoms with Gasteiger partial charge in [0, 0.05) is 13.1 Å². The first-order valence-electron chi connectivity index (χ1n) is 5.99. The Morgan fingerprint density at radius 1 is 1.47 bits per heavy atom. The van der Waals surface area contributed by atoms with Crippen LogP contribution in [0.2, 0.25) is 0 Å². The van der Waals surface area contributed by atoms with Crippen LogP contribution in [0.1, 0.15) is 30.0 Å². The van der Waals surface area contributed by atoms with Crippen molar-refractivity contribution < 1.29 is 9.21 Å². The summed E-state index contributed by atoms with van der Waals surface area (Å²) in [7, 11) is 0. The van der Waals surface area contributed by atoms with Crippen molar-refractivity contribution in [3.8, 4) is 0 Å². The van der Waals surface area contributed by atoms with E-state index in [2.05, 4.69) is 24.1 Å². The molecule has 0 atom stereocenters. The summed E-state index contributed by atoms with van der Waals surface area (Å²) in [6.45, 7) is 8.02. The molecule has 5 nitrogen and oxygen atoms in total. The SMILES string of the molecule is CCN(CC)CCNC(=O)c1coc(CN)c1. The number of nitrogens with one attached hydrogen (secondary N) is 1. The minimum atomic E-state index is -0.111. The second kappa shape index (κ2) is 7.09. The molecule has 3 N–H and O–H groups in total. The van der Waals surface area contributed by atoms with Crippen molar-refractivity contribution in [3.63, 3.8) is 0 Å². The number of nitrogens with zero attached hydrogens (tertiary/aromatic N) is 1. The molecule has 0 aliphatic carbocycles. The Kier molecular flexibility index (Phi) is 5.72. The maximum Gasteiger partial charge on any atom is 0.254 e. The van der Waals surface area contributed by atoms with Gasteiger partial charge in [-0.3, -0.25) is 4.79 Å². The van der Waals surface area contributed by atoms with E-state index < -0.39 is 0 Å². The molecule has 0 saturated heterocycles. The summed E-state index contributed by atoms with van der Waals surface area (Å²) in [6, 6.07) is 1.67. The zero-order valence-electron chi connectivity index (χ0n) is 10.5. The van der Waals surface area contributed by atoms with Crippen LogP contribution in [0.25, 0.3) is 0 Å². The molecule has 0 bridgehead atoms. The first-order chi connectivity index (χ1) is 8.21. The highest BCUT2D eigenvalue weighted by Crippen LogP contribution is 2.06. The third kappa shape index (κ3) is 4.20. The Balaban J connectivity index is 2.34. The van der Waals surface area contributed by atoms with E-state index in [0.717, 1.165) is 19.6 Å². The molecule has 1 aromatic heterocycles. The number of nitrogens with two attached hydrogens (primary N) is 1. The van der Waals surface area contributed by atoms with E-state index in [0.29, 0.717) is 24.4 Å². The van der Waals surface area contributed by atoms with Crippen LogP contribution >= 0.6 is 0 Å². The molecule has 0 unspecified atom stereocenters. The number of rotatable bonds is 7. The molecule has 0 aromatic carbocycles. The van der Waals surface area contributed by atoms with Crippen molar-refractivity contribution in [2.75, 3.05) is 26.2 Å². The largest absolute Gasteiger partial charge is 0.467 e. The van der Waals surface area contributed by atoms with Crippen LogP contribution in [0.3, 0.4) is 0 Å². The quantitative estimate of drug-likeness (QED) is 0.738. The predicted octanol–water partition coefficient (Wildman–Crippen LogP) is 0.810. The van der Waals surface area contributed by atoms with Crippen molar-refractivity contribution >= 4 is 5.91 Å². The van der Waals surface area contributed by atoms with Gasteiger partial charge in [-0.15, -0.1) is 0 Å². The van der Waals surface area contributed by atoms with E-state index in [4.69, 9.17) is 10.2 Å². The number of amides is 1. The second-order valence-electron chi connectivity index (χ2n) is 3.79. The summed E-state index contributed by atoms with van der Waals surface area (Å²) >= 11 is 0. The fraction of sp³-hybridized carbons (Fsp3) is 0.583. The van der Waals surface area contributed by atoms with Gasteiger partial charge in [0.05, 0.1) is 12.1 Å². The molecule has 0 radical (unpaired) electrons. The monoisotopic (exact) mass is 239 g/mol. The van der Waals surface area contributed by atoms with Crippen molar-refractivity contribution in [1.29, 1.82) is 0 Å². The van der Waals surface area contributed by atoms with Crippen molar-refractivity contribution in [3.05, 3.63) is 23.7 Å². The van der Waals surface area contributed by atoms with Gasteiger partial charge >= 0.3 is 0 Å². The molecule has 0 saturated carbocycles. The third-order valence-electron chi connectivity index (χ3n) is 2.73. The van der Waals surface area contributed by atoms with Gasteiger partial charge in [0.1, 0.15) is 12.0 Å². The zero-order valence-corrected chi connectivity index (χ0v) is 10.5. The molecule has 96 valence electrons. The average molecular weight is 239 g/mol. The van der Waals surface area contributed by atoms with Crippen LogP contribution in [0.15, 0.2) is 16.7 Å². The smallest absolute Gasteiger partial charge is 0.254 e. The van der Waals surface area contributed by atoms with Crippen LogP contribution in [0, 0.1) is 0 Å². The molecule has 1 aromatic rings. The van der Waals surface area contributed by atoms with Gasteiger partial charge in [-0.25, -0.2) is 0 Å². The van der Waals surface area contributed by atoms with Gasteiger partial charge < -0.3 is 20.4 Å². The lowest BCUT2D eigenvalue weighted by Crippen LogP contribution is -2.34. The minimum absolute atomic E-state index is 0.111. The molecule has 0 fully saturated rings. The number of hydrogen-bond acceptors (Lipinski definition) is 4. The van der Waals surface area contributed by atoms with E-state index in [-0.39, 0.29) is 5.91 Å². The summed E-state index contributed by atoms with van der Waals surface area (Å²) in [5.41, 5.74) is 5.94. The van der Waals surface area contributed by atoms with Gasteiger partial charge in [-0.05, 0) is 19.2 Å². The van der Waals surface area contributed by atoms with Crippen LogP contribution in [-0.4, -0.2) is 37.0 Å². The Bertz CT molecular complexity index is 345. The summed E-state index contributed by atoms with van der Waals surface area (Å²) in [5.74, 6) is 0.513. The zero-order chi connectivity index (χ0) is 12.7. The lowest BCUT2D eigenvalue weighted by molar-refractivity contribution is 0.0948. The van der Waals surface area contributed by atoms with Crippen molar-refractivity contribution in [2.24, 2.45) is 5.73 Å². The van der Waals surface area contributed by atoms with E-state index in [9.17, 15) is 4.79 Å². The highest BCUT2D eigenvalue weighted by Gasteiger charge is 2.09. The number of furan rings is 1. The van der Waals surface area contributed by atoms with Crippen molar-refractivity contribution in [2.45, 2.75) is 20.4 Å². The predicted molar refractivity (Wildman–Crippen MR) is 66.7 cm³/mol. The highest BCUT2D eigenvalue weighted by molar-refractivity contribution is 5.93. The Hall–Kier alpha value is -1.33. The number of carbonyl (C=O) groups excluding carboxylic acids is 1. The van der Waals surface area contributed by atoms with E-state index in [1.54, 1.807) is 6.07 Å². The Labute approximate surface area is 102 Å². The van der Waals surface area contributed by atoms with Crippen LogP contribution in [-0.2, 0) is 6.54 Å². The van der Waals surface area contributed by atoms with Crippen LogP contribution in [0.5, 0.6) is 0 Å². The number of hydrogen-bond donors (Lipinski definition) is 2. The molecular weight excluding hydrogens is 218 g/mol. The highest BCUT2D eigenvalue weighted by atomic mass is 16.3. The summed E-state index contributed by atoms with van der Waals surface area (Å²) in [6.07, 6.45) is 1.44. The summed E-state index contributed by atoms with van der Waals surface area (Å²) in [5, 5.41) is 2.85. The number of likely N-dealkylation sites (N-methyl/N-ethyl adjacent to an activating group) is 1. The Morgan fingerprint density at radius 3 is 2.71 bits per heavy atom. The fourth-order valence-electron chi connectivity index (χ4n) is 1.58. The summed E-state index contributed by atoms with van der Waals surface area (Å²) in [4.78, 5) is 14.0. The third-order valence-corrected chi connectivity index (χ3v) is 2.73. The standard InChI is InChI=1S/C12H21N3O2/c1-3-15(4-2)6-5-14-12(16)10-7-11(8-13)17-9-10/h7,9H,3-6,8,13H2,1-2H3,(H,14,16). The molecule has 5 heteroatoms. The molecule has 1 rings (SSSR count). The summed E-state index contributed by atoms with van der Waals surface area (Å²) < 4.78 is 5.11. The van der Waals surface area contributed by atoms with Crippen LogP contribution in [0.4, 0.5) is 0 Å². The molecule has 0 aliphatic heterocycles. The molecular formula is C12H21N3O2. The lowest BCUT2D eigenvalue weighted by atomic mass is 10.3. The first-order valence-corrected chi connectivity index (χ1v) is 5.99. The van der Waals surface area contributed by atoms with E-state index in [1.807, 2.05) is 0 Å². The molecule has 1 amide bonds. The average Bonchev–Trinajstić information content (AvgIpc) is 2.83. The van der Waals surface area contributed by atoms with Crippen LogP contribution < -0.4 is 11.1 Å². The van der Waals surface area contributed by atoms with Gasteiger partial charge in [-0.1, -0.05) is 13.8 Å². The van der Waals surface area contributed by atoms with E-state index in [1.165, 1.54) is 6.26 Å². The molecule has 1 heterocycles. The topological polar surface area (TPSA) is 71.5 Å². The Morgan fingerprint density at radius 2 is 2.18 bits per heavy atom. The molecule has 17 heavy (non-hydrogen) atoms. The minimum Gasteiger partial charge on any atom is -0.467 e. The second-order valence-corrected chi connectivity index (χ2v) is 3.79. The first kappa shape index (κ1) is 13.7. The van der Waals surface area contributed by atoms with Gasteiger partial charge in [0.15, 0.2) is 0 Å². The van der Waals surface area contributed by atoms with Crippen molar-refractivity contribution in [1.82, 2.24) is 10.2 Å². The fourth-order valence-corrected chi connectivity index (χ4v) is 1.58. The normalized spacial score (nSPS) is 10.8. The van der Waals surface area contributed by atoms with Gasteiger partial charge in [-0.2, -0.15) is 0 Å². The number of carbonyl (C=O) groups is 1. The van der Waals surface area contributed by atoms with Gasteiger partial charge in [0.2, 0.25) is 0 Å². The maximum absolute atomic E-state index is 11.7. The van der Waals surface area contributed by atoms with E-state index >= 15 is 0 Å².